The SMILES string of the molecule is Cc1ccc([C@H]2c3cc(OCc4nc(C(=O)NC(C)C)co4)ccc3CCN2C(=O)C2CC2)cc1. The molecule has 7 nitrogen and oxygen atoms in total. The molecule has 182 valence electrons. The van der Waals surface area contributed by atoms with Gasteiger partial charge in [-0.15, -0.1) is 0 Å². The van der Waals surface area contributed by atoms with Crippen LogP contribution in [0.3, 0.4) is 0 Å². The van der Waals surface area contributed by atoms with E-state index in [0.29, 0.717) is 11.6 Å². The van der Waals surface area contributed by atoms with Crippen LogP contribution in [0.25, 0.3) is 0 Å². The molecule has 0 radical (unpaired) electrons. The maximum absolute atomic E-state index is 13.2. The van der Waals surface area contributed by atoms with Crippen molar-refractivity contribution in [3.8, 4) is 5.75 Å². The second-order valence-electron chi connectivity index (χ2n) is 9.77. The Bertz CT molecular complexity index is 1230. The summed E-state index contributed by atoms with van der Waals surface area (Å²) >= 11 is 0. The fraction of sp³-hybridized carbons (Fsp3) is 0.393. The average Bonchev–Trinajstić information content (AvgIpc) is 3.59. The quantitative estimate of drug-likeness (QED) is 0.543. The molecule has 0 unspecified atom stereocenters. The van der Waals surface area contributed by atoms with E-state index in [1.807, 2.05) is 30.9 Å². The van der Waals surface area contributed by atoms with Crippen molar-refractivity contribution >= 4 is 11.8 Å². The first kappa shape index (κ1) is 23.1. The summed E-state index contributed by atoms with van der Waals surface area (Å²) in [7, 11) is 0. The Labute approximate surface area is 205 Å². The molecule has 1 N–H and O–H groups in total. The highest BCUT2D eigenvalue weighted by atomic mass is 16.5. The second kappa shape index (κ2) is 9.56. The first-order chi connectivity index (χ1) is 16.9. The minimum atomic E-state index is -0.273. The van der Waals surface area contributed by atoms with Gasteiger partial charge >= 0.3 is 0 Å². The van der Waals surface area contributed by atoms with Crippen LogP contribution in [0.15, 0.2) is 53.1 Å². The number of nitrogens with zero attached hydrogens (tertiary/aromatic N) is 2. The molecular formula is C28H31N3O4. The highest BCUT2D eigenvalue weighted by molar-refractivity contribution is 5.92. The number of carbonyl (C=O) groups is 2. The summed E-state index contributed by atoms with van der Waals surface area (Å²) in [5.41, 5.74) is 4.85. The molecule has 2 amide bonds. The number of hydrogen-bond acceptors (Lipinski definition) is 5. The Morgan fingerprint density at radius 2 is 1.94 bits per heavy atom. The number of carbonyl (C=O) groups excluding carboxylic acids is 2. The molecule has 1 aromatic heterocycles. The van der Waals surface area contributed by atoms with Gasteiger partial charge in [-0.3, -0.25) is 9.59 Å². The third-order valence-corrected chi connectivity index (χ3v) is 6.51. The first-order valence-corrected chi connectivity index (χ1v) is 12.3. The smallest absolute Gasteiger partial charge is 0.273 e. The Morgan fingerprint density at radius 1 is 1.17 bits per heavy atom. The van der Waals surface area contributed by atoms with Crippen molar-refractivity contribution in [3.63, 3.8) is 0 Å². The van der Waals surface area contributed by atoms with Gasteiger partial charge in [0.25, 0.3) is 5.91 Å². The van der Waals surface area contributed by atoms with Gasteiger partial charge in [0.15, 0.2) is 12.3 Å². The monoisotopic (exact) mass is 473 g/mol. The minimum Gasteiger partial charge on any atom is -0.484 e. The normalized spacial score (nSPS) is 17.3. The molecule has 7 heteroatoms. The molecule has 0 bridgehead atoms. The van der Waals surface area contributed by atoms with Crippen molar-refractivity contribution in [3.05, 3.63) is 82.6 Å². The van der Waals surface area contributed by atoms with Crippen LogP contribution in [0.1, 0.15) is 71.4 Å². The molecule has 35 heavy (non-hydrogen) atoms. The van der Waals surface area contributed by atoms with Gasteiger partial charge in [-0.25, -0.2) is 4.98 Å². The molecule has 2 aliphatic rings. The Kier molecular flexibility index (Phi) is 6.32. The molecule has 3 aromatic rings. The van der Waals surface area contributed by atoms with Crippen molar-refractivity contribution < 1.29 is 18.7 Å². The number of fused-ring (bicyclic) bond motifs is 1. The van der Waals surface area contributed by atoms with Gasteiger partial charge in [-0.1, -0.05) is 35.9 Å². The number of benzene rings is 2. The topological polar surface area (TPSA) is 84.7 Å². The number of ether oxygens (including phenoxy) is 1. The molecule has 1 saturated carbocycles. The van der Waals surface area contributed by atoms with Crippen molar-refractivity contribution in [2.75, 3.05) is 6.54 Å². The first-order valence-electron chi connectivity index (χ1n) is 12.3. The summed E-state index contributed by atoms with van der Waals surface area (Å²) in [6.45, 7) is 6.67. The standard InChI is InChI=1S/C28H31N3O4/c1-17(2)29-27(32)24-15-35-25(30-24)16-34-22-11-10-19-12-13-31(28(33)21-8-9-21)26(23(19)14-22)20-6-4-18(3)5-7-20/h4-7,10-11,14-15,17,21,26H,8-9,12-13,16H2,1-3H3,(H,29,32)/t26-/m0/s1. The lowest BCUT2D eigenvalue weighted by molar-refractivity contribution is -0.134. The number of aromatic nitrogens is 1. The summed E-state index contributed by atoms with van der Waals surface area (Å²) in [6, 6.07) is 14.4. The van der Waals surface area contributed by atoms with E-state index in [1.165, 1.54) is 17.4 Å². The van der Waals surface area contributed by atoms with Crippen LogP contribution in [0.5, 0.6) is 5.75 Å². The maximum Gasteiger partial charge on any atom is 0.273 e. The summed E-state index contributed by atoms with van der Waals surface area (Å²) in [6.07, 6.45) is 4.14. The van der Waals surface area contributed by atoms with Crippen LogP contribution in [0, 0.1) is 12.8 Å². The second-order valence-corrected chi connectivity index (χ2v) is 9.77. The fourth-order valence-corrected chi connectivity index (χ4v) is 4.56. The molecule has 1 aliphatic carbocycles. The van der Waals surface area contributed by atoms with E-state index >= 15 is 0 Å². The van der Waals surface area contributed by atoms with Crippen molar-refractivity contribution in [2.45, 2.75) is 58.7 Å². The van der Waals surface area contributed by atoms with Crippen LogP contribution >= 0.6 is 0 Å². The summed E-state index contributed by atoms with van der Waals surface area (Å²) in [5, 5.41) is 2.80. The number of amides is 2. The Morgan fingerprint density at radius 3 is 2.66 bits per heavy atom. The van der Waals surface area contributed by atoms with E-state index in [0.717, 1.165) is 36.9 Å². The van der Waals surface area contributed by atoms with E-state index in [9.17, 15) is 9.59 Å². The summed E-state index contributed by atoms with van der Waals surface area (Å²) < 4.78 is 11.4. The number of oxazole rings is 1. The van der Waals surface area contributed by atoms with Crippen LogP contribution in [0.4, 0.5) is 0 Å². The lowest BCUT2D eigenvalue weighted by atomic mass is 9.87. The Hall–Kier alpha value is -3.61. The van der Waals surface area contributed by atoms with E-state index in [2.05, 4.69) is 47.6 Å². The third kappa shape index (κ3) is 5.09. The molecular weight excluding hydrogens is 442 g/mol. The van der Waals surface area contributed by atoms with Gasteiger partial charge < -0.3 is 19.4 Å². The minimum absolute atomic E-state index is 0.0160. The van der Waals surface area contributed by atoms with Crippen molar-refractivity contribution in [1.82, 2.24) is 15.2 Å². The van der Waals surface area contributed by atoms with Crippen molar-refractivity contribution in [2.24, 2.45) is 5.92 Å². The number of rotatable bonds is 7. The van der Waals surface area contributed by atoms with Crippen LogP contribution in [-0.4, -0.2) is 34.3 Å². The van der Waals surface area contributed by atoms with Gasteiger partial charge in [-0.2, -0.15) is 0 Å². The van der Waals surface area contributed by atoms with Gasteiger partial charge in [0, 0.05) is 18.5 Å². The van der Waals surface area contributed by atoms with E-state index in [1.54, 1.807) is 0 Å². The molecule has 2 aromatic carbocycles. The predicted octanol–water partition coefficient (Wildman–Crippen LogP) is 4.58. The number of aryl methyl sites for hydroxylation is 1. The zero-order valence-corrected chi connectivity index (χ0v) is 20.4. The van der Waals surface area contributed by atoms with E-state index in [-0.39, 0.29) is 42.1 Å². The number of hydrogen-bond donors (Lipinski definition) is 1. The van der Waals surface area contributed by atoms with Crippen molar-refractivity contribution in [1.29, 1.82) is 0 Å². The molecule has 1 fully saturated rings. The molecule has 5 rings (SSSR count). The lowest BCUT2D eigenvalue weighted by Crippen LogP contribution is -2.41. The van der Waals surface area contributed by atoms with Crippen LogP contribution in [0.2, 0.25) is 0 Å². The summed E-state index contributed by atoms with van der Waals surface area (Å²) in [5.74, 6) is 1.14. The zero-order valence-electron chi connectivity index (χ0n) is 20.4. The van der Waals surface area contributed by atoms with Gasteiger partial charge in [0.2, 0.25) is 11.8 Å². The lowest BCUT2D eigenvalue weighted by Gasteiger charge is -2.38. The highest BCUT2D eigenvalue weighted by Crippen LogP contribution is 2.41. The largest absolute Gasteiger partial charge is 0.484 e. The zero-order chi connectivity index (χ0) is 24.5. The molecule has 1 aliphatic heterocycles. The third-order valence-electron chi connectivity index (χ3n) is 6.51. The van der Waals surface area contributed by atoms with Crippen LogP contribution in [-0.2, 0) is 17.8 Å². The molecule has 0 spiro atoms. The summed E-state index contributed by atoms with van der Waals surface area (Å²) in [4.78, 5) is 31.6. The predicted molar refractivity (Wildman–Crippen MR) is 131 cm³/mol. The number of nitrogens with one attached hydrogen (secondary N) is 1. The highest BCUT2D eigenvalue weighted by Gasteiger charge is 2.39. The average molecular weight is 474 g/mol. The molecule has 2 heterocycles. The van der Waals surface area contributed by atoms with E-state index < -0.39 is 0 Å². The molecule has 0 saturated heterocycles. The fourth-order valence-electron chi connectivity index (χ4n) is 4.56. The van der Waals surface area contributed by atoms with Gasteiger partial charge in [-0.05, 0) is 68.9 Å². The Balaban J connectivity index is 1.38. The molecule has 1 atom stereocenters. The maximum atomic E-state index is 13.2. The van der Waals surface area contributed by atoms with E-state index in [4.69, 9.17) is 9.15 Å². The van der Waals surface area contributed by atoms with Gasteiger partial charge in [0.05, 0.1) is 6.04 Å². The van der Waals surface area contributed by atoms with Crippen LogP contribution < -0.4 is 10.1 Å². The van der Waals surface area contributed by atoms with Gasteiger partial charge in [0.1, 0.15) is 12.0 Å².